The highest BCUT2D eigenvalue weighted by Crippen LogP contribution is 2.38. The maximum atomic E-state index is 12.4. The minimum absolute atomic E-state index is 0.0306. The summed E-state index contributed by atoms with van der Waals surface area (Å²) in [7, 11) is 0. The molecule has 1 aliphatic carbocycles. The van der Waals surface area contributed by atoms with Crippen molar-refractivity contribution in [1.29, 1.82) is 0 Å². The van der Waals surface area contributed by atoms with Gasteiger partial charge in [-0.25, -0.2) is 0 Å². The van der Waals surface area contributed by atoms with Crippen LogP contribution in [0.2, 0.25) is 0 Å². The first-order valence-corrected chi connectivity index (χ1v) is 9.13. The van der Waals surface area contributed by atoms with E-state index in [9.17, 15) is 14.4 Å². The van der Waals surface area contributed by atoms with Crippen molar-refractivity contribution in [2.75, 3.05) is 6.54 Å². The quantitative estimate of drug-likeness (QED) is 0.467. The maximum Gasteiger partial charge on any atom is 0.312 e. The Labute approximate surface area is 148 Å². The van der Waals surface area contributed by atoms with E-state index in [2.05, 4.69) is 13.8 Å². The van der Waals surface area contributed by atoms with Crippen LogP contribution in [0.1, 0.15) is 57.4 Å². The van der Waals surface area contributed by atoms with Crippen LogP contribution in [0.15, 0.2) is 24.3 Å². The number of hydrogen-bond acceptors (Lipinski definition) is 4. The molecule has 0 spiro atoms. The largest absolute Gasteiger partial charge is 0.426 e. The van der Waals surface area contributed by atoms with Gasteiger partial charge in [0.05, 0.1) is 18.3 Å². The number of fused-ring (bicyclic) bond motifs is 1. The minimum Gasteiger partial charge on any atom is -0.426 e. The summed E-state index contributed by atoms with van der Waals surface area (Å²) in [5.74, 6) is -0.0651. The first-order valence-electron chi connectivity index (χ1n) is 9.13. The first-order chi connectivity index (χ1) is 12.0. The molecule has 0 aromatic heterocycles. The number of likely N-dealkylation sites (tertiary alicyclic amines) is 1. The summed E-state index contributed by atoms with van der Waals surface area (Å²) < 4.78 is 5.31. The lowest BCUT2D eigenvalue weighted by Gasteiger charge is -2.19. The summed E-state index contributed by atoms with van der Waals surface area (Å²) in [4.78, 5) is 38.1. The number of carbonyl (C=O) groups is 3. The summed E-state index contributed by atoms with van der Waals surface area (Å²) >= 11 is 0. The molecular weight excluding hydrogens is 318 g/mol. The maximum absolute atomic E-state index is 12.4. The second-order valence-electron chi connectivity index (χ2n) is 7.27. The van der Waals surface area contributed by atoms with E-state index in [0.717, 1.165) is 25.7 Å². The van der Waals surface area contributed by atoms with E-state index in [1.165, 1.54) is 10.5 Å². The van der Waals surface area contributed by atoms with Gasteiger partial charge in [-0.3, -0.25) is 19.3 Å². The Hall–Kier alpha value is -2.17. The lowest BCUT2D eigenvalue weighted by molar-refractivity contribution is -0.141. The predicted molar refractivity (Wildman–Crippen MR) is 93.0 cm³/mol. The Balaban J connectivity index is 1.53. The molecule has 0 N–H and O–H groups in total. The third-order valence-corrected chi connectivity index (χ3v) is 5.25. The molecule has 0 bridgehead atoms. The number of nitrogens with zero attached hydrogens (tertiary/aromatic N) is 1. The highest BCUT2D eigenvalue weighted by molar-refractivity contribution is 6.05. The molecule has 0 radical (unpaired) electrons. The minimum atomic E-state index is -0.423. The average Bonchev–Trinajstić information content (AvgIpc) is 2.85. The van der Waals surface area contributed by atoms with Crippen molar-refractivity contribution < 1.29 is 19.1 Å². The van der Waals surface area contributed by atoms with Crippen LogP contribution in [0.3, 0.4) is 0 Å². The van der Waals surface area contributed by atoms with Gasteiger partial charge in [-0.15, -0.1) is 0 Å². The Morgan fingerprint density at radius 1 is 1.08 bits per heavy atom. The van der Waals surface area contributed by atoms with Crippen LogP contribution in [0.4, 0.5) is 0 Å². The van der Waals surface area contributed by atoms with Crippen LogP contribution in [-0.4, -0.2) is 29.2 Å². The van der Waals surface area contributed by atoms with E-state index in [4.69, 9.17) is 4.74 Å². The van der Waals surface area contributed by atoms with Crippen LogP contribution in [0.25, 0.3) is 0 Å². The Bertz CT molecular complexity index is 641. The molecule has 1 heterocycles. The van der Waals surface area contributed by atoms with Gasteiger partial charge < -0.3 is 4.74 Å². The van der Waals surface area contributed by atoms with Crippen LogP contribution in [-0.2, 0) is 14.4 Å². The monoisotopic (exact) mass is 343 g/mol. The molecule has 5 heteroatoms. The van der Waals surface area contributed by atoms with Gasteiger partial charge in [0.25, 0.3) is 0 Å². The van der Waals surface area contributed by atoms with E-state index in [1.807, 2.05) is 12.1 Å². The van der Waals surface area contributed by atoms with Gasteiger partial charge in [-0.1, -0.05) is 38.8 Å². The van der Waals surface area contributed by atoms with Crippen LogP contribution in [0.5, 0.6) is 5.75 Å². The number of imide groups is 1. The van der Waals surface area contributed by atoms with Gasteiger partial charge in [-0.05, 0) is 36.5 Å². The van der Waals surface area contributed by atoms with Gasteiger partial charge in [0.15, 0.2) is 0 Å². The summed E-state index contributed by atoms with van der Waals surface area (Å²) in [6.07, 6.45) is 3.62. The van der Waals surface area contributed by atoms with Gasteiger partial charge in [0.2, 0.25) is 11.8 Å². The van der Waals surface area contributed by atoms with E-state index in [-0.39, 0.29) is 36.6 Å². The Kier molecular flexibility index (Phi) is 5.21. The molecule has 25 heavy (non-hydrogen) atoms. The number of esters is 1. The first kappa shape index (κ1) is 17.6. The van der Waals surface area contributed by atoms with Crippen LogP contribution >= 0.6 is 0 Å². The second kappa shape index (κ2) is 7.38. The molecule has 3 rings (SSSR count). The molecule has 2 aliphatic rings. The lowest BCUT2D eigenvalue weighted by Crippen LogP contribution is -2.33. The van der Waals surface area contributed by atoms with E-state index in [1.54, 1.807) is 12.1 Å². The third-order valence-electron chi connectivity index (χ3n) is 5.25. The molecule has 2 fully saturated rings. The normalized spacial score (nSPS) is 23.1. The Morgan fingerprint density at radius 2 is 1.64 bits per heavy atom. The lowest BCUT2D eigenvalue weighted by atomic mass is 9.81. The van der Waals surface area contributed by atoms with E-state index in [0.29, 0.717) is 11.7 Å². The highest BCUT2D eigenvalue weighted by Gasteiger charge is 2.47. The van der Waals surface area contributed by atoms with Crippen molar-refractivity contribution in [1.82, 2.24) is 4.90 Å². The smallest absolute Gasteiger partial charge is 0.312 e. The zero-order valence-electron chi connectivity index (χ0n) is 14.9. The third kappa shape index (κ3) is 3.75. The summed E-state index contributed by atoms with van der Waals surface area (Å²) in [6.45, 7) is 4.32. The second-order valence-corrected chi connectivity index (χ2v) is 7.27. The predicted octanol–water partition coefficient (Wildman–Crippen LogP) is 3.28. The fourth-order valence-electron chi connectivity index (χ4n) is 3.76. The molecule has 1 saturated carbocycles. The number of ether oxygens (including phenoxy) is 1. The van der Waals surface area contributed by atoms with E-state index < -0.39 is 5.97 Å². The zero-order chi connectivity index (χ0) is 18.0. The molecule has 2 unspecified atom stereocenters. The topological polar surface area (TPSA) is 63.7 Å². The molecule has 1 aliphatic heterocycles. The summed E-state index contributed by atoms with van der Waals surface area (Å²) in [6, 6.07) is 7.42. The van der Waals surface area contributed by atoms with Gasteiger partial charge in [0, 0.05) is 6.54 Å². The summed E-state index contributed by atoms with van der Waals surface area (Å²) in [5.41, 5.74) is 1.18. The fraction of sp³-hybridized carbons (Fsp3) is 0.550. The number of benzene rings is 1. The van der Waals surface area contributed by atoms with Gasteiger partial charge in [-0.2, -0.15) is 0 Å². The van der Waals surface area contributed by atoms with Crippen molar-refractivity contribution in [3.63, 3.8) is 0 Å². The molecule has 134 valence electrons. The summed E-state index contributed by atoms with van der Waals surface area (Å²) in [5, 5.41) is 0. The van der Waals surface area contributed by atoms with Crippen molar-refractivity contribution in [2.45, 2.75) is 51.9 Å². The van der Waals surface area contributed by atoms with Crippen LogP contribution in [0, 0.1) is 11.8 Å². The molecule has 1 aromatic rings. The average molecular weight is 343 g/mol. The van der Waals surface area contributed by atoms with Crippen molar-refractivity contribution in [3.05, 3.63) is 29.8 Å². The molecular formula is C20H25NO4. The molecule has 1 aromatic carbocycles. The number of hydrogen-bond donors (Lipinski definition) is 0. The number of carbonyl (C=O) groups excluding carboxylic acids is 3. The fourth-order valence-corrected chi connectivity index (χ4v) is 3.76. The highest BCUT2D eigenvalue weighted by atomic mass is 16.5. The zero-order valence-corrected chi connectivity index (χ0v) is 14.9. The standard InChI is InChI=1S/C20H25NO4/c1-13(2)14-7-9-15(10-8-14)25-18(22)11-12-21-19(23)16-5-3-4-6-17(16)20(21)24/h7-10,13,16-17H,3-6,11-12H2,1-2H3. The van der Waals surface area contributed by atoms with Gasteiger partial charge in [0.1, 0.15) is 5.75 Å². The van der Waals surface area contributed by atoms with Crippen molar-refractivity contribution in [2.24, 2.45) is 11.8 Å². The molecule has 2 amide bonds. The molecule has 5 nitrogen and oxygen atoms in total. The van der Waals surface area contributed by atoms with Gasteiger partial charge >= 0.3 is 5.97 Å². The molecule has 2 atom stereocenters. The van der Waals surface area contributed by atoms with Crippen molar-refractivity contribution >= 4 is 17.8 Å². The molecule has 1 saturated heterocycles. The van der Waals surface area contributed by atoms with E-state index >= 15 is 0 Å². The van der Waals surface area contributed by atoms with Crippen molar-refractivity contribution in [3.8, 4) is 5.75 Å². The number of rotatable bonds is 5. The SMILES string of the molecule is CC(C)c1ccc(OC(=O)CCN2C(=O)C3CCCCC3C2=O)cc1. The Morgan fingerprint density at radius 3 is 2.16 bits per heavy atom. The number of amides is 2. The van der Waals surface area contributed by atoms with Crippen LogP contribution < -0.4 is 4.74 Å².